The summed E-state index contributed by atoms with van der Waals surface area (Å²) >= 11 is 0. The third-order valence-corrected chi connectivity index (χ3v) is 2.66. The van der Waals surface area contributed by atoms with E-state index in [1.165, 1.54) is 6.07 Å². The molecule has 0 aliphatic rings. The number of H-pyrrole nitrogens is 1. The first kappa shape index (κ1) is 11.2. The van der Waals surface area contributed by atoms with Gasteiger partial charge in [-0.05, 0) is 18.2 Å². The van der Waals surface area contributed by atoms with Crippen LogP contribution in [0.4, 0.5) is 5.95 Å². The van der Waals surface area contributed by atoms with E-state index in [4.69, 9.17) is 10.2 Å². The van der Waals surface area contributed by atoms with Crippen LogP contribution in [0.1, 0.15) is 0 Å². The molecule has 0 atom stereocenters. The molecule has 3 rings (SSSR count). The lowest BCUT2D eigenvalue weighted by Gasteiger charge is -2.06. The summed E-state index contributed by atoms with van der Waals surface area (Å²) < 4.78 is 5.34. The molecule has 0 unspecified atom stereocenters. The summed E-state index contributed by atoms with van der Waals surface area (Å²) in [5, 5.41) is 0. The molecule has 3 N–H and O–H groups in total. The van der Waals surface area contributed by atoms with E-state index >= 15 is 0 Å². The maximum absolute atomic E-state index is 11.1. The number of furan rings is 1. The van der Waals surface area contributed by atoms with Gasteiger partial charge in [-0.25, -0.2) is 9.97 Å². The van der Waals surface area contributed by atoms with Crippen LogP contribution in [-0.4, -0.2) is 15.0 Å². The molecular formula is C13H10N4O2. The highest BCUT2D eigenvalue weighted by Crippen LogP contribution is 2.29. The predicted octanol–water partition coefficient (Wildman–Crippen LogP) is 1.67. The van der Waals surface area contributed by atoms with Gasteiger partial charge in [0, 0.05) is 29.6 Å². The first-order valence-electron chi connectivity index (χ1n) is 5.59. The number of pyridine rings is 1. The molecule has 0 aliphatic heterocycles. The van der Waals surface area contributed by atoms with Crippen LogP contribution in [0.3, 0.4) is 0 Å². The van der Waals surface area contributed by atoms with Crippen LogP contribution in [-0.2, 0) is 0 Å². The van der Waals surface area contributed by atoms with Gasteiger partial charge in [0.15, 0.2) is 5.76 Å². The number of anilines is 1. The largest absolute Gasteiger partial charge is 0.463 e. The smallest absolute Gasteiger partial charge is 0.247 e. The summed E-state index contributed by atoms with van der Waals surface area (Å²) in [6.07, 6.45) is 4.77. The Bertz CT molecular complexity index is 742. The number of nitrogens with zero attached hydrogens (tertiary/aromatic N) is 2. The van der Waals surface area contributed by atoms with Crippen LogP contribution in [0.5, 0.6) is 0 Å². The number of aromatic nitrogens is 3. The van der Waals surface area contributed by atoms with Crippen LogP contribution in [0.2, 0.25) is 0 Å². The minimum Gasteiger partial charge on any atom is -0.463 e. The van der Waals surface area contributed by atoms with Crippen molar-refractivity contribution in [2.24, 2.45) is 0 Å². The molecule has 0 saturated heterocycles. The zero-order chi connectivity index (χ0) is 13.2. The van der Waals surface area contributed by atoms with Gasteiger partial charge in [0.2, 0.25) is 11.5 Å². The van der Waals surface area contributed by atoms with Gasteiger partial charge in [0.05, 0.1) is 6.26 Å². The van der Waals surface area contributed by atoms with E-state index in [9.17, 15) is 4.79 Å². The summed E-state index contributed by atoms with van der Waals surface area (Å²) in [5.74, 6) is 0.759. The topological polar surface area (TPSA) is 97.8 Å². The van der Waals surface area contributed by atoms with Gasteiger partial charge in [-0.3, -0.25) is 4.79 Å². The maximum Gasteiger partial charge on any atom is 0.247 e. The number of hydrogen-bond donors (Lipinski definition) is 2. The Labute approximate surface area is 108 Å². The molecule has 0 fully saturated rings. The normalized spacial score (nSPS) is 10.5. The summed E-state index contributed by atoms with van der Waals surface area (Å²) in [7, 11) is 0. The second kappa shape index (κ2) is 4.41. The van der Waals surface area contributed by atoms with Crippen LogP contribution >= 0.6 is 0 Å². The zero-order valence-corrected chi connectivity index (χ0v) is 9.83. The van der Waals surface area contributed by atoms with Crippen molar-refractivity contribution in [3.8, 4) is 22.6 Å². The van der Waals surface area contributed by atoms with Crippen LogP contribution in [0.25, 0.3) is 22.6 Å². The van der Waals surface area contributed by atoms with Gasteiger partial charge < -0.3 is 15.1 Å². The number of hydrogen-bond acceptors (Lipinski definition) is 5. The van der Waals surface area contributed by atoms with Crippen LogP contribution in [0.15, 0.2) is 52.1 Å². The van der Waals surface area contributed by atoms with E-state index in [1.807, 2.05) is 0 Å². The number of rotatable bonds is 2. The molecule has 0 aliphatic carbocycles. The maximum atomic E-state index is 11.1. The molecule has 0 spiro atoms. The van der Waals surface area contributed by atoms with Crippen molar-refractivity contribution in [3.63, 3.8) is 0 Å². The third kappa shape index (κ3) is 2.11. The fourth-order valence-corrected chi connectivity index (χ4v) is 1.79. The monoisotopic (exact) mass is 254 g/mol. The highest BCUT2D eigenvalue weighted by Gasteiger charge is 2.12. The molecule has 94 valence electrons. The van der Waals surface area contributed by atoms with Crippen molar-refractivity contribution < 1.29 is 4.42 Å². The van der Waals surface area contributed by atoms with E-state index in [0.717, 1.165) is 11.1 Å². The lowest BCUT2D eigenvalue weighted by molar-refractivity contribution is 0.580. The molecule has 6 heteroatoms. The van der Waals surface area contributed by atoms with E-state index in [-0.39, 0.29) is 11.5 Å². The van der Waals surface area contributed by atoms with E-state index in [0.29, 0.717) is 11.5 Å². The minimum absolute atomic E-state index is 0.166. The Kier molecular flexibility index (Phi) is 2.60. The van der Waals surface area contributed by atoms with Crippen molar-refractivity contribution in [1.82, 2.24) is 15.0 Å². The first-order chi connectivity index (χ1) is 9.24. The fourth-order valence-electron chi connectivity index (χ4n) is 1.79. The predicted molar refractivity (Wildman–Crippen MR) is 70.2 cm³/mol. The van der Waals surface area contributed by atoms with Crippen molar-refractivity contribution in [2.45, 2.75) is 0 Å². The fraction of sp³-hybridized carbons (Fsp3) is 0. The lowest BCUT2D eigenvalue weighted by atomic mass is 10.1. The molecule has 19 heavy (non-hydrogen) atoms. The average Bonchev–Trinajstić information content (AvgIpc) is 2.94. The molecular weight excluding hydrogens is 244 g/mol. The Balaban J connectivity index is 2.21. The molecule has 0 saturated carbocycles. The van der Waals surface area contributed by atoms with Crippen molar-refractivity contribution in [2.75, 3.05) is 5.73 Å². The third-order valence-electron chi connectivity index (χ3n) is 2.66. The van der Waals surface area contributed by atoms with Gasteiger partial charge in [-0.1, -0.05) is 0 Å². The molecule has 3 aromatic rings. The Morgan fingerprint density at radius 3 is 2.84 bits per heavy atom. The van der Waals surface area contributed by atoms with E-state index in [1.54, 1.807) is 36.9 Å². The molecule has 0 radical (unpaired) electrons. The summed E-state index contributed by atoms with van der Waals surface area (Å²) in [6, 6.07) is 6.69. The van der Waals surface area contributed by atoms with E-state index < -0.39 is 0 Å². The van der Waals surface area contributed by atoms with Crippen LogP contribution < -0.4 is 11.3 Å². The van der Waals surface area contributed by atoms with E-state index in [2.05, 4.69) is 15.0 Å². The average molecular weight is 254 g/mol. The molecule has 6 nitrogen and oxygen atoms in total. The van der Waals surface area contributed by atoms with Crippen molar-refractivity contribution in [1.29, 1.82) is 0 Å². The van der Waals surface area contributed by atoms with Gasteiger partial charge in [0.25, 0.3) is 0 Å². The van der Waals surface area contributed by atoms with Crippen molar-refractivity contribution >= 4 is 5.95 Å². The standard InChI is InChI=1S/C13H10N4O2/c14-13-16-7-9(8-3-4-11(18)15-6-8)12(17-13)10-2-1-5-19-10/h1-7H,(H,15,18)(H2,14,16,17). The van der Waals surface area contributed by atoms with Crippen LogP contribution in [0, 0.1) is 0 Å². The number of aromatic amines is 1. The zero-order valence-electron chi connectivity index (χ0n) is 9.83. The summed E-state index contributed by atoms with van der Waals surface area (Å²) in [5.41, 5.74) is 7.55. The highest BCUT2D eigenvalue weighted by molar-refractivity contribution is 5.77. The first-order valence-corrected chi connectivity index (χ1v) is 5.59. The second-order valence-electron chi connectivity index (χ2n) is 3.91. The van der Waals surface area contributed by atoms with Gasteiger partial charge in [0.1, 0.15) is 5.69 Å². The number of nitrogens with one attached hydrogen (secondary N) is 1. The Hall–Kier alpha value is -2.89. The molecule has 3 heterocycles. The second-order valence-corrected chi connectivity index (χ2v) is 3.91. The van der Waals surface area contributed by atoms with Crippen molar-refractivity contribution in [3.05, 3.63) is 53.3 Å². The molecule has 0 amide bonds. The quantitative estimate of drug-likeness (QED) is 0.725. The Morgan fingerprint density at radius 2 is 2.16 bits per heavy atom. The summed E-state index contributed by atoms with van der Waals surface area (Å²) in [6.45, 7) is 0. The van der Waals surface area contributed by atoms with Gasteiger partial charge >= 0.3 is 0 Å². The number of nitrogens with two attached hydrogens (primary N) is 1. The summed E-state index contributed by atoms with van der Waals surface area (Å²) in [4.78, 5) is 21.9. The molecule has 3 aromatic heterocycles. The SMILES string of the molecule is Nc1ncc(-c2ccc(=O)[nH]c2)c(-c2ccco2)n1. The number of nitrogen functional groups attached to an aromatic ring is 1. The molecule has 0 bridgehead atoms. The Morgan fingerprint density at radius 1 is 1.26 bits per heavy atom. The van der Waals surface area contributed by atoms with Gasteiger partial charge in [-0.15, -0.1) is 0 Å². The lowest BCUT2D eigenvalue weighted by Crippen LogP contribution is -2.03. The highest BCUT2D eigenvalue weighted by atomic mass is 16.3. The minimum atomic E-state index is -0.167. The van der Waals surface area contributed by atoms with Gasteiger partial charge in [-0.2, -0.15) is 0 Å². The molecule has 0 aromatic carbocycles.